The summed E-state index contributed by atoms with van der Waals surface area (Å²) in [6, 6.07) is 6.86. The number of carboxylic acid groups (broad SMARTS) is 2. The number of hydrogen-bond donors (Lipinski definition) is 4. The van der Waals surface area contributed by atoms with Crippen molar-refractivity contribution in [2.45, 2.75) is 69.4 Å². The molecule has 0 aliphatic carbocycles. The van der Waals surface area contributed by atoms with Crippen LogP contribution >= 0.6 is 53.7 Å². The summed E-state index contributed by atoms with van der Waals surface area (Å²) in [4.78, 5) is 80.9. The van der Waals surface area contributed by atoms with E-state index in [2.05, 4.69) is 4.99 Å². The molecule has 1 aromatic heterocycles. The summed E-state index contributed by atoms with van der Waals surface area (Å²) in [7, 11) is -3.10. The molecular formula is C38H40Cl2F4N5O14PS2. The third kappa shape index (κ3) is 16.8. The molecule has 3 unspecified atom stereocenters. The Morgan fingerprint density at radius 1 is 1.06 bits per heavy atom. The van der Waals surface area contributed by atoms with Crippen molar-refractivity contribution < 1.29 is 75.5 Å². The van der Waals surface area contributed by atoms with Gasteiger partial charge >= 0.3 is 34.9 Å². The first-order valence-electron chi connectivity index (χ1n) is 18.9. The van der Waals surface area contributed by atoms with E-state index in [1.165, 1.54) is 19.7 Å². The third-order valence-electron chi connectivity index (χ3n) is 8.41. The van der Waals surface area contributed by atoms with Crippen LogP contribution in [0.5, 0.6) is 11.5 Å². The number of carbonyl (C=O) groups excluding carboxylic acids is 2. The Bertz CT molecular complexity index is 2620. The normalized spacial score (nSPS) is 14.1. The van der Waals surface area contributed by atoms with Gasteiger partial charge in [0.2, 0.25) is 4.80 Å². The van der Waals surface area contributed by atoms with E-state index >= 15 is 0 Å². The summed E-state index contributed by atoms with van der Waals surface area (Å²) in [5.41, 5.74) is 2.96. The fourth-order valence-corrected chi connectivity index (χ4v) is 8.05. The Hall–Kier alpha value is -5.30. The van der Waals surface area contributed by atoms with Crippen molar-refractivity contribution in [3.63, 3.8) is 0 Å². The van der Waals surface area contributed by atoms with Crippen LogP contribution in [0.2, 0.25) is 10.0 Å². The second-order valence-corrected chi connectivity index (χ2v) is 18.9. The van der Waals surface area contributed by atoms with Crippen LogP contribution < -0.4 is 20.1 Å². The number of carboxylic acids is 2. The Morgan fingerprint density at radius 3 is 2.27 bits per heavy atom. The second-order valence-electron chi connectivity index (χ2n) is 13.6. The van der Waals surface area contributed by atoms with Crippen molar-refractivity contribution in [3.8, 4) is 11.5 Å². The van der Waals surface area contributed by atoms with Crippen LogP contribution in [0.1, 0.15) is 49.0 Å². The lowest BCUT2D eigenvalue weighted by Gasteiger charge is -2.15. The summed E-state index contributed by atoms with van der Waals surface area (Å²) >= 11 is 13.7. The molecule has 3 atom stereocenters. The smallest absolute Gasteiger partial charge is 0.416 e. The number of aliphatic carboxylic acids is 2. The number of nitrogens with zero attached hydrogens (tertiary/aromatic N) is 4. The van der Waals surface area contributed by atoms with E-state index in [1.807, 2.05) is 0 Å². The first-order chi connectivity index (χ1) is 30.7. The molecule has 3 aromatic carbocycles. The molecule has 1 aliphatic heterocycles. The van der Waals surface area contributed by atoms with Crippen molar-refractivity contribution in [1.29, 1.82) is 0 Å². The van der Waals surface area contributed by atoms with Gasteiger partial charge in [0.1, 0.15) is 34.6 Å². The summed E-state index contributed by atoms with van der Waals surface area (Å²) < 4.78 is 81.4. The standard InChI is InChI=1S/C19H15ClF3NO7.C14H13ClFN3O3S2.C5H12NO4P/c1-3-29-17(25)10(2)30-18(26)13-9-12(5-6-15(13)24(27)28)31-16-7-4-11(8-14(16)20)19(21,22)23;15-8-5-9(16)10(6-11(8)23-7-12(20)21)17-13-18-3-1-2-4-19(18)14(22)24-13;1-11(9,10)3-2-4(6)5(7)8/h4-10H,3H2,1-2H3;5-6H,1-4,7H2,(H,20,21);4H,2-3,6H2,1H3,(H,7,8)(H,9,10). The minimum absolute atomic E-state index is 0.0370. The van der Waals surface area contributed by atoms with E-state index in [1.54, 1.807) is 16.3 Å². The highest BCUT2D eigenvalue weighted by Crippen LogP contribution is 2.38. The number of nitro benzene ring substituents is 1. The van der Waals surface area contributed by atoms with Crippen molar-refractivity contribution in [1.82, 2.24) is 9.36 Å². The number of rotatable bonds is 15. The maximum Gasteiger partial charge on any atom is 0.416 e. The number of nitro groups is 1. The van der Waals surface area contributed by atoms with Crippen LogP contribution in [0, 0.1) is 15.9 Å². The number of alkyl halides is 3. The van der Waals surface area contributed by atoms with Gasteiger partial charge in [0.25, 0.3) is 5.69 Å². The Morgan fingerprint density at radius 2 is 1.71 bits per heavy atom. The number of ether oxygens (including phenoxy) is 3. The van der Waals surface area contributed by atoms with Gasteiger partial charge in [-0.05, 0) is 80.8 Å². The molecule has 0 bridgehead atoms. The molecule has 0 amide bonds. The molecule has 0 saturated carbocycles. The average Bonchev–Trinajstić information content (AvgIpc) is 3.55. The fourth-order valence-electron chi connectivity index (χ4n) is 5.20. The van der Waals surface area contributed by atoms with E-state index in [4.69, 9.17) is 58.3 Å². The van der Waals surface area contributed by atoms with Gasteiger partial charge in [-0.15, -0.1) is 11.8 Å². The largest absolute Gasteiger partial charge is 0.481 e. The number of carbonyl (C=O) groups is 4. The minimum atomic E-state index is -4.61. The number of fused-ring (bicyclic) bond motifs is 1. The van der Waals surface area contributed by atoms with E-state index in [0.717, 1.165) is 72.3 Å². The van der Waals surface area contributed by atoms with Gasteiger partial charge in [-0.25, -0.2) is 23.7 Å². The van der Waals surface area contributed by atoms with Gasteiger partial charge in [-0.2, -0.15) is 13.2 Å². The quantitative estimate of drug-likeness (QED) is 0.0223. The number of benzene rings is 3. The molecule has 0 spiro atoms. The minimum Gasteiger partial charge on any atom is -0.481 e. The predicted molar refractivity (Wildman–Crippen MR) is 233 cm³/mol. The number of halogens is 6. The van der Waals surface area contributed by atoms with E-state index < -0.39 is 77.1 Å². The van der Waals surface area contributed by atoms with Gasteiger partial charge in [0.15, 0.2) is 13.5 Å². The van der Waals surface area contributed by atoms with Crippen molar-refractivity contribution in [2.75, 3.05) is 25.2 Å². The monoisotopic (exact) mass is 1030 g/mol. The zero-order valence-electron chi connectivity index (χ0n) is 34.7. The highest BCUT2D eigenvalue weighted by atomic mass is 35.5. The van der Waals surface area contributed by atoms with Gasteiger partial charge in [0.05, 0.1) is 32.9 Å². The molecule has 360 valence electrons. The van der Waals surface area contributed by atoms with Crippen LogP contribution in [-0.4, -0.2) is 90.6 Å². The van der Waals surface area contributed by atoms with Gasteiger partial charge in [-0.1, -0.05) is 23.2 Å². The number of thioether (sulfide) groups is 1. The fraction of sp³-hybridized carbons (Fsp3) is 0.368. The van der Waals surface area contributed by atoms with Crippen LogP contribution in [0.4, 0.5) is 28.9 Å². The maximum atomic E-state index is 14.2. The molecule has 1 aliphatic rings. The maximum absolute atomic E-state index is 14.2. The summed E-state index contributed by atoms with van der Waals surface area (Å²) in [6.45, 7) is 5.29. The van der Waals surface area contributed by atoms with Crippen molar-refractivity contribution >= 4 is 88.9 Å². The highest BCUT2D eigenvalue weighted by Gasteiger charge is 2.32. The van der Waals surface area contributed by atoms with Crippen LogP contribution in [0.3, 0.4) is 0 Å². The van der Waals surface area contributed by atoms with E-state index in [0.29, 0.717) is 28.9 Å². The number of hydrogen-bond acceptors (Lipinski definition) is 15. The van der Waals surface area contributed by atoms with Crippen molar-refractivity contribution in [3.05, 3.63) is 100 Å². The Balaban J connectivity index is 0.000000292. The summed E-state index contributed by atoms with van der Waals surface area (Å²) in [5.74, 6) is -5.29. The number of aromatic nitrogens is 2. The van der Waals surface area contributed by atoms with Gasteiger partial charge in [0, 0.05) is 42.9 Å². The summed E-state index contributed by atoms with van der Waals surface area (Å²) in [6.07, 6.45) is -4.07. The SMILES string of the molecule is CCOC(=O)C(C)OC(=O)c1cc(Oc2ccc(C(F)(F)F)cc2Cl)ccc1[N+](=O)[O-].CP(=O)(O)CCC(N)C(=O)O.O=C(O)CSc1cc(N=c2sc(=O)n3n2CCCC3)c(F)cc1Cl. The van der Waals surface area contributed by atoms with E-state index in [9.17, 15) is 56.2 Å². The molecule has 0 radical (unpaired) electrons. The Labute approximate surface area is 389 Å². The third-order valence-corrected chi connectivity index (χ3v) is 12.1. The lowest BCUT2D eigenvalue weighted by molar-refractivity contribution is -0.385. The molecule has 66 heavy (non-hydrogen) atoms. The lowest BCUT2D eigenvalue weighted by Crippen LogP contribution is -2.31. The average molecular weight is 1030 g/mol. The van der Waals surface area contributed by atoms with Gasteiger partial charge < -0.3 is 35.1 Å². The summed E-state index contributed by atoms with van der Waals surface area (Å²) in [5, 5.41) is 28.1. The van der Waals surface area contributed by atoms with Gasteiger partial charge in [-0.3, -0.25) is 33.7 Å². The molecule has 2 heterocycles. The molecule has 0 fully saturated rings. The van der Waals surface area contributed by atoms with Crippen LogP contribution in [0.15, 0.2) is 63.2 Å². The second kappa shape index (κ2) is 24.5. The molecular weight excluding hydrogens is 992 g/mol. The molecule has 4 aromatic rings. The number of esters is 2. The molecule has 28 heteroatoms. The first-order valence-corrected chi connectivity index (χ1v) is 23.7. The van der Waals surface area contributed by atoms with E-state index in [-0.39, 0.29) is 57.0 Å². The molecule has 0 saturated heterocycles. The number of nitrogens with two attached hydrogens (primary N) is 1. The zero-order valence-corrected chi connectivity index (χ0v) is 38.7. The predicted octanol–water partition coefficient (Wildman–Crippen LogP) is 7.56. The van der Waals surface area contributed by atoms with Crippen molar-refractivity contribution in [2.24, 2.45) is 10.7 Å². The lowest BCUT2D eigenvalue weighted by atomic mass is 10.1. The zero-order chi connectivity index (χ0) is 49.7. The molecule has 5 rings (SSSR count). The molecule has 19 nitrogen and oxygen atoms in total. The first kappa shape index (κ1) is 55.0. The highest BCUT2D eigenvalue weighted by molar-refractivity contribution is 8.00. The van der Waals surface area contributed by atoms with Crippen LogP contribution in [-0.2, 0) is 47.7 Å². The van der Waals surface area contributed by atoms with Crippen LogP contribution in [0.25, 0.3) is 0 Å². The molecule has 5 N–H and O–H groups in total. The Kier molecular flexibility index (Phi) is 20.4. The topological polar surface area (TPSA) is 282 Å².